The Bertz CT molecular complexity index is 1960. The lowest BCUT2D eigenvalue weighted by molar-refractivity contribution is -0.161. The van der Waals surface area contributed by atoms with Crippen LogP contribution in [-0.2, 0) is 65.4 Å². The second-order valence-electron chi connectivity index (χ2n) is 30.2. The Kier molecular flexibility index (Phi) is 70.9. The highest BCUT2D eigenvalue weighted by Gasteiger charge is 2.30. The van der Waals surface area contributed by atoms with E-state index in [2.05, 4.69) is 48.5 Å². The molecule has 0 rings (SSSR count). The second-order valence-corrected chi connectivity index (χ2v) is 33.1. The molecule has 0 fully saturated rings. The number of carbonyl (C=O) groups is 4. The van der Waals surface area contributed by atoms with Crippen molar-refractivity contribution in [3.63, 3.8) is 0 Å². The molecule has 0 radical (unpaired) electrons. The fraction of sp³-hybridized carbons (Fsp3) is 0.951. The molecule has 0 aromatic rings. The first kappa shape index (κ1) is 99.1. The Morgan fingerprint density at radius 2 is 0.475 bits per heavy atom. The first-order valence-corrected chi connectivity index (χ1v) is 45.5. The fourth-order valence-electron chi connectivity index (χ4n) is 12.6. The number of phosphoric acid groups is 2. The molecule has 101 heavy (non-hydrogen) atoms. The molecule has 0 aromatic heterocycles. The third kappa shape index (κ3) is 72.1. The van der Waals surface area contributed by atoms with Crippen LogP contribution in [0.5, 0.6) is 0 Å². The highest BCUT2D eigenvalue weighted by molar-refractivity contribution is 7.47. The lowest BCUT2D eigenvalue weighted by Crippen LogP contribution is -2.30. The van der Waals surface area contributed by atoms with Crippen molar-refractivity contribution in [1.82, 2.24) is 0 Å². The average molecular weight is 1480 g/mol. The maximum atomic E-state index is 13.1. The van der Waals surface area contributed by atoms with Crippen LogP contribution in [-0.4, -0.2) is 96.7 Å². The molecular weight excluding hydrogens is 1320 g/mol. The monoisotopic (exact) mass is 1480 g/mol. The Balaban J connectivity index is 5.25. The first-order valence-electron chi connectivity index (χ1n) is 42.5. The van der Waals surface area contributed by atoms with Gasteiger partial charge in [0, 0.05) is 25.7 Å². The van der Waals surface area contributed by atoms with E-state index in [9.17, 15) is 43.2 Å². The smallest absolute Gasteiger partial charge is 0.462 e. The SMILES string of the molecule is CCCCCCCCCCCCCCCCCCCCCC(=O)O[C@H](COC(=O)CCCCCCCCCCCCCCCCC(C)CC)COP(=O)(O)OC[C@@H](O)COP(=O)(O)OC[C@@H](COC(=O)CCCCCCCCC(C)CC)OC(=O)CCCCCCCCCCCCC(C)CC. The summed E-state index contributed by atoms with van der Waals surface area (Å²) in [5.74, 6) is 0.273. The van der Waals surface area contributed by atoms with Gasteiger partial charge in [-0.1, -0.05) is 376 Å². The van der Waals surface area contributed by atoms with Crippen LogP contribution in [0.15, 0.2) is 0 Å². The topological polar surface area (TPSA) is 237 Å². The molecule has 19 heteroatoms. The van der Waals surface area contributed by atoms with Crippen LogP contribution in [0.3, 0.4) is 0 Å². The normalized spacial score (nSPS) is 14.8. The van der Waals surface area contributed by atoms with Crippen molar-refractivity contribution in [2.45, 2.75) is 446 Å². The number of ether oxygens (including phenoxy) is 4. The van der Waals surface area contributed by atoms with Gasteiger partial charge in [-0.2, -0.15) is 0 Å². The number of phosphoric ester groups is 2. The molecule has 0 saturated carbocycles. The molecule has 0 bridgehead atoms. The maximum Gasteiger partial charge on any atom is 0.472 e. The third-order valence-corrected chi connectivity index (χ3v) is 22.1. The highest BCUT2D eigenvalue weighted by atomic mass is 31.2. The van der Waals surface area contributed by atoms with Crippen LogP contribution in [0.4, 0.5) is 0 Å². The molecule has 17 nitrogen and oxygen atoms in total. The van der Waals surface area contributed by atoms with E-state index in [1.54, 1.807) is 0 Å². The number of esters is 4. The summed E-state index contributed by atoms with van der Waals surface area (Å²) in [6.07, 6.45) is 61.0. The van der Waals surface area contributed by atoms with Crippen molar-refractivity contribution in [3.8, 4) is 0 Å². The zero-order valence-corrected chi connectivity index (χ0v) is 68.2. The molecule has 0 aromatic carbocycles. The summed E-state index contributed by atoms with van der Waals surface area (Å²) in [7, 11) is -9.92. The molecule has 0 heterocycles. The standard InChI is InChI=1S/C82H160O17P2/c1-8-12-13-14-15-16-17-18-19-20-21-22-23-28-31-37-42-51-58-65-81(86)98-77(69-92-79(84)63-56-49-41-36-30-27-25-24-26-29-34-39-46-53-60-73(5)9-2)71-96-100(88,89)94-67-76(83)68-95-101(90,91)97-72-78(70-93-80(85)64-57-50-45-44-48-55-62-75(7)11-4)99-82(87)66-59-52-43-38-33-32-35-40-47-54-61-74(6)10-3/h73-78,83H,8-72H2,1-7H3,(H,88,89)(H,90,91)/t73?,74?,75?,76-,77-,78-/m1/s1. The Labute approximate surface area is 619 Å². The lowest BCUT2D eigenvalue weighted by Gasteiger charge is -2.21. The fourth-order valence-corrected chi connectivity index (χ4v) is 14.1. The molecule has 5 unspecified atom stereocenters. The van der Waals surface area contributed by atoms with Gasteiger partial charge in [-0.3, -0.25) is 37.3 Å². The van der Waals surface area contributed by atoms with E-state index < -0.39 is 97.5 Å². The van der Waals surface area contributed by atoms with Crippen LogP contribution in [0.2, 0.25) is 0 Å². The van der Waals surface area contributed by atoms with Gasteiger partial charge >= 0.3 is 39.5 Å². The van der Waals surface area contributed by atoms with Gasteiger partial charge in [0.25, 0.3) is 0 Å². The van der Waals surface area contributed by atoms with Crippen molar-refractivity contribution in [1.29, 1.82) is 0 Å². The summed E-state index contributed by atoms with van der Waals surface area (Å²) in [6.45, 7) is 12.0. The molecule has 0 aliphatic rings. The van der Waals surface area contributed by atoms with Gasteiger partial charge in [0.05, 0.1) is 26.4 Å². The van der Waals surface area contributed by atoms with E-state index in [4.69, 9.17) is 37.0 Å². The van der Waals surface area contributed by atoms with Crippen molar-refractivity contribution in [2.75, 3.05) is 39.6 Å². The highest BCUT2D eigenvalue weighted by Crippen LogP contribution is 2.45. The Morgan fingerprint density at radius 1 is 0.277 bits per heavy atom. The minimum absolute atomic E-state index is 0.105. The van der Waals surface area contributed by atoms with E-state index >= 15 is 0 Å². The van der Waals surface area contributed by atoms with Crippen molar-refractivity contribution in [2.24, 2.45) is 17.8 Å². The van der Waals surface area contributed by atoms with Crippen LogP contribution in [0.1, 0.15) is 427 Å². The summed E-state index contributed by atoms with van der Waals surface area (Å²) < 4.78 is 68.8. The number of aliphatic hydroxyl groups excluding tert-OH is 1. The molecule has 0 aliphatic carbocycles. The largest absolute Gasteiger partial charge is 0.472 e. The quantitative estimate of drug-likeness (QED) is 0.0222. The predicted octanol–water partition coefficient (Wildman–Crippen LogP) is 24.5. The Hall–Kier alpha value is -1.94. The maximum absolute atomic E-state index is 13.1. The molecule has 600 valence electrons. The van der Waals surface area contributed by atoms with E-state index in [1.165, 1.54) is 231 Å². The molecule has 0 aliphatic heterocycles. The molecule has 3 N–H and O–H groups in total. The molecular formula is C82H160O17P2. The summed E-state index contributed by atoms with van der Waals surface area (Å²) in [6, 6.07) is 0. The predicted molar refractivity (Wildman–Crippen MR) is 414 cm³/mol. The molecule has 0 saturated heterocycles. The van der Waals surface area contributed by atoms with Gasteiger partial charge in [-0.05, 0) is 43.4 Å². The minimum atomic E-state index is -4.96. The number of rotatable bonds is 80. The summed E-state index contributed by atoms with van der Waals surface area (Å²) in [5, 5.41) is 10.6. The van der Waals surface area contributed by atoms with Crippen molar-refractivity contribution < 1.29 is 80.2 Å². The van der Waals surface area contributed by atoms with Crippen LogP contribution >= 0.6 is 15.6 Å². The van der Waals surface area contributed by atoms with E-state index in [0.717, 1.165) is 114 Å². The summed E-state index contributed by atoms with van der Waals surface area (Å²) in [4.78, 5) is 73.1. The molecule has 8 atom stereocenters. The zero-order chi connectivity index (χ0) is 74.4. The number of hydrogen-bond acceptors (Lipinski definition) is 15. The second kappa shape index (κ2) is 72.3. The third-order valence-electron chi connectivity index (χ3n) is 20.2. The van der Waals surface area contributed by atoms with Crippen LogP contribution < -0.4 is 0 Å². The number of unbranched alkanes of at least 4 members (excludes halogenated alkanes) is 45. The van der Waals surface area contributed by atoms with Crippen molar-refractivity contribution in [3.05, 3.63) is 0 Å². The lowest BCUT2D eigenvalue weighted by atomic mass is 9.99. The number of aliphatic hydroxyl groups is 1. The number of carbonyl (C=O) groups excluding carboxylic acids is 4. The van der Waals surface area contributed by atoms with Gasteiger partial charge in [0.15, 0.2) is 12.2 Å². The first-order chi connectivity index (χ1) is 48.8. The molecule has 0 amide bonds. The van der Waals surface area contributed by atoms with Crippen LogP contribution in [0, 0.1) is 17.8 Å². The Morgan fingerprint density at radius 3 is 0.703 bits per heavy atom. The molecule has 0 spiro atoms. The van der Waals surface area contributed by atoms with Gasteiger partial charge in [0.2, 0.25) is 0 Å². The zero-order valence-electron chi connectivity index (χ0n) is 66.4. The van der Waals surface area contributed by atoms with Crippen molar-refractivity contribution >= 4 is 39.5 Å². The van der Waals surface area contributed by atoms with Gasteiger partial charge < -0.3 is 33.8 Å². The van der Waals surface area contributed by atoms with Gasteiger partial charge in [-0.15, -0.1) is 0 Å². The van der Waals surface area contributed by atoms with E-state index in [1.807, 2.05) is 0 Å². The average Bonchev–Trinajstić information content (AvgIpc) is 0.978. The van der Waals surface area contributed by atoms with Gasteiger partial charge in [0.1, 0.15) is 19.3 Å². The van der Waals surface area contributed by atoms with E-state index in [0.29, 0.717) is 25.7 Å². The van der Waals surface area contributed by atoms with Crippen LogP contribution in [0.25, 0.3) is 0 Å². The van der Waals surface area contributed by atoms with Gasteiger partial charge in [-0.25, -0.2) is 9.13 Å². The van der Waals surface area contributed by atoms with E-state index in [-0.39, 0.29) is 25.7 Å². The summed E-state index contributed by atoms with van der Waals surface area (Å²) in [5.41, 5.74) is 0. The number of hydrogen-bond donors (Lipinski definition) is 3. The minimum Gasteiger partial charge on any atom is -0.462 e. The summed E-state index contributed by atoms with van der Waals surface area (Å²) >= 11 is 0.